The van der Waals surface area contributed by atoms with Gasteiger partial charge in [0.1, 0.15) is 12.3 Å². The van der Waals surface area contributed by atoms with Gasteiger partial charge in [0.15, 0.2) is 0 Å². The lowest BCUT2D eigenvalue weighted by atomic mass is 10.1. The summed E-state index contributed by atoms with van der Waals surface area (Å²) in [4.78, 5) is 32.5. The highest BCUT2D eigenvalue weighted by Crippen LogP contribution is 2.23. The fourth-order valence-corrected chi connectivity index (χ4v) is 1.90. The second-order valence-corrected chi connectivity index (χ2v) is 4.53. The average Bonchev–Trinajstić information content (AvgIpc) is 2.99. The molecule has 24 heavy (non-hydrogen) atoms. The van der Waals surface area contributed by atoms with E-state index in [0.717, 1.165) is 18.3 Å². The minimum absolute atomic E-state index is 0.00607. The number of hydrogen-bond donors (Lipinski definition) is 1. The molecule has 1 amide bonds. The van der Waals surface area contributed by atoms with E-state index in [0.29, 0.717) is 6.54 Å². The zero-order valence-electron chi connectivity index (χ0n) is 12.3. The van der Waals surface area contributed by atoms with Crippen LogP contribution >= 0.6 is 0 Å². The molecule has 11 nitrogen and oxygen atoms in total. The van der Waals surface area contributed by atoms with Gasteiger partial charge in [0.25, 0.3) is 11.6 Å². The fourth-order valence-electron chi connectivity index (χ4n) is 1.90. The Labute approximate surface area is 134 Å². The lowest BCUT2D eigenvalue weighted by Crippen LogP contribution is -2.15. The van der Waals surface area contributed by atoms with Crippen LogP contribution in [0.5, 0.6) is 0 Å². The number of amides is 1. The average molecular weight is 330 g/mol. The predicted octanol–water partition coefficient (Wildman–Crippen LogP) is 1.84. The summed E-state index contributed by atoms with van der Waals surface area (Å²) in [5, 5.41) is 36.9. The Bertz CT molecular complexity index is 881. The van der Waals surface area contributed by atoms with Gasteiger partial charge in [0.2, 0.25) is 5.69 Å². The predicted molar refractivity (Wildman–Crippen MR) is 80.3 cm³/mol. The largest absolute Gasteiger partial charge is 0.320 e. The zero-order chi connectivity index (χ0) is 17.9. The highest BCUT2D eigenvalue weighted by molar-refractivity contribution is 6.06. The molecule has 0 atom stereocenters. The number of aryl methyl sites for hydroxylation is 1. The van der Waals surface area contributed by atoms with E-state index in [1.54, 1.807) is 13.0 Å². The first-order valence-corrected chi connectivity index (χ1v) is 6.59. The van der Waals surface area contributed by atoms with Crippen molar-refractivity contribution in [3.8, 4) is 6.07 Å². The van der Waals surface area contributed by atoms with Crippen LogP contribution < -0.4 is 5.32 Å². The quantitative estimate of drug-likeness (QED) is 0.647. The first kappa shape index (κ1) is 16.6. The van der Waals surface area contributed by atoms with Gasteiger partial charge in [0, 0.05) is 18.7 Å². The number of carbonyl (C=O) groups excluding carboxylic acids is 1. The van der Waals surface area contributed by atoms with Crippen LogP contribution in [0.15, 0.2) is 24.4 Å². The zero-order valence-corrected chi connectivity index (χ0v) is 12.3. The molecule has 0 unspecified atom stereocenters. The van der Waals surface area contributed by atoms with Crippen LogP contribution in [-0.2, 0) is 6.54 Å². The first-order chi connectivity index (χ1) is 11.4. The van der Waals surface area contributed by atoms with Crippen molar-refractivity contribution in [1.82, 2.24) is 9.78 Å². The van der Waals surface area contributed by atoms with Gasteiger partial charge in [-0.05, 0) is 13.0 Å². The van der Waals surface area contributed by atoms with Gasteiger partial charge >= 0.3 is 5.69 Å². The molecular formula is C13H10N6O5. The summed E-state index contributed by atoms with van der Waals surface area (Å²) in [6, 6.07) is 5.00. The molecule has 2 aromatic rings. The molecule has 1 N–H and O–H groups in total. The summed E-state index contributed by atoms with van der Waals surface area (Å²) < 4.78 is 1.23. The molecule has 0 aliphatic rings. The maximum atomic E-state index is 12.2. The molecule has 0 bridgehead atoms. The standard InChI is InChI=1S/C13H10N6O5/c1-2-17-7-11(19(23)24)12(16-17)13(20)15-10-4-3-9(18(21)22)5-8(10)6-14/h3-5,7H,2H2,1H3,(H,15,20). The molecule has 0 saturated heterocycles. The minimum Gasteiger partial charge on any atom is -0.319 e. The van der Waals surface area contributed by atoms with Gasteiger partial charge < -0.3 is 5.32 Å². The second-order valence-electron chi connectivity index (χ2n) is 4.53. The topological polar surface area (TPSA) is 157 Å². The van der Waals surface area contributed by atoms with E-state index in [-0.39, 0.29) is 16.9 Å². The molecule has 0 fully saturated rings. The summed E-state index contributed by atoms with van der Waals surface area (Å²) in [5.74, 6) is -0.890. The fraction of sp³-hybridized carbons (Fsp3) is 0.154. The number of rotatable bonds is 5. The molecule has 1 aromatic heterocycles. The number of carbonyl (C=O) groups is 1. The van der Waals surface area contributed by atoms with Crippen molar-refractivity contribution in [1.29, 1.82) is 5.26 Å². The van der Waals surface area contributed by atoms with Gasteiger partial charge in [-0.1, -0.05) is 0 Å². The van der Waals surface area contributed by atoms with E-state index in [4.69, 9.17) is 5.26 Å². The summed E-state index contributed by atoms with van der Waals surface area (Å²) in [6.45, 7) is 2.03. The lowest BCUT2D eigenvalue weighted by molar-refractivity contribution is -0.385. The highest BCUT2D eigenvalue weighted by atomic mass is 16.6. The molecule has 122 valence electrons. The van der Waals surface area contributed by atoms with E-state index < -0.39 is 27.1 Å². The molecule has 0 spiro atoms. The minimum atomic E-state index is -0.890. The van der Waals surface area contributed by atoms with E-state index in [2.05, 4.69) is 10.4 Å². The second kappa shape index (κ2) is 6.53. The molecule has 0 saturated carbocycles. The van der Waals surface area contributed by atoms with Gasteiger partial charge in [-0.2, -0.15) is 10.4 Å². The van der Waals surface area contributed by atoms with Crippen molar-refractivity contribution in [3.63, 3.8) is 0 Å². The van der Waals surface area contributed by atoms with Gasteiger partial charge in [-0.3, -0.25) is 29.7 Å². The Morgan fingerprint density at radius 2 is 2.08 bits per heavy atom. The van der Waals surface area contributed by atoms with Crippen molar-refractivity contribution in [3.05, 3.63) is 55.9 Å². The van der Waals surface area contributed by atoms with E-state index in [1.807, 2.05) is 0 Å². The van der Waals surface area contributed by atoms with Crippen LogP contribution in [0.4, 0.5) is 17.1 Å². The van der Waals surface area contributed by atoms with Crippen LogP contribution in [0, 0.1) is 31.6 Å². The smallest absolute Gasteiger partial charge is 0.319 e. The Morgan fingerprint density at radius 3 is 2.62 bits per heavy atom. The maximum Gasteiger partial charge on any atom is 0.320 e. The number of anilines is 1. The molecule has 11 heteroatoms. The van der Waals surface area contributed by atoms with Crippen LogP contribution in [0.1, 0.15) is 23.0 Å². The van der Waals surface area contributed by atoms with Crippen LogP contribution in [0.25, 0.3) is 0 Å². The first-order valence-electron chi connectivity index (χ1n) is 6.59. The highest BCUT2D eigenvalue weighted by Gasteiger charge is 2.26. The number of benzene rings is 1. The SMILES string of the molecule is CCn1cc([N+](=O)[O-])c(C(=O)Nc2ccc([N+](=O)[O-])cc2C#N)n1. The molecular weight excluding hydrogens is 320 g/mol. The van der Waals surface area contributed by atoms with Crippen molar-refractivity contribution in [2.45, 2.75) is 13.5 Å². The number of nitrogens with zero attached hydrogens (tertiary/aromatic N) is 5. The Hall–Kier alpha value is -3.81. The van der Waals surface area contributed by atoms with Crippen LogP contribution in [-0.4, -0.2) is 25.5 Å². The summed E-state index contributed by atoms with van der Waals surface area (Å²) in [6.07, 6.45) is 1.12. The van der Waals surface area contributed by atoms with Crippen LogP contribution in [0.2, 0.25) is 0 Å². The van der Waals surface area contributed by atoms with E-state index in [9.17, 15) is 25.0 Å². The van der Waals surface area contributed by atoms with Crippen molar-refractivity contribution >= 4 is 23.0 Å². The monoisotopic (exact) mass is 330 g/mol. The molecule has 0 radical (unpaired) electrons. The number of hydrogen-bond acceptors (Lipinski definition) is 7. The van der Waals surface area contributed by atoms with E-state index in [1.165, 1.54) is 10.7 Å². The Morgan fingerprint density at radius 1 is 1.38 bits per heavy atom. The molecule has 0 aliphatic heterocycles. The third kappa shape index (κ3) is 3.17. The van der Waals surface area contributed by atoms with Gasteiger partial charge in [-0.25, -0.2) is 0 Å². The molecule has 2 rings (SSSR count). The normalized spacial score (nSPS) is 10.0. The van der Waals surface area contributed by atoms with Gasteiger partial charge in [0.05, 0.1) is 21.1 Å². The molecule has 0 aliphatic carbocycles. The number of nitriles is 1. The van der Waals surface area contributed by atoms with Crippen molar-refractivity contribution < 1.29 is 14.6 Å². The molecule has 1 aromatic carbocycles. The Kier molecular flexibility index (Phi) is 4.50. The summed E-state index contributed by atoms with van der Waals surface area (Å²) >= 11 is 0. The maximum absolute atomic E-state index is 12.2. The lowest BCUT2D eigenvalue weighted by Gasteiger charge is -2.05. The number of nitro benzene ring substituents is 1. The van der Waals surface area contributed by atoms with Crippen molar-refractivity contribution in [2.24, 2.45) is 0 Å². The third-order valence-corrected chi connectivity index (χ3v) is 3.06. The number of non-ortho nitro benzene ring substituents is 1. The number of nitrogens with one attached hydrogen (secondary N) is 1. The number of nitro groups is 2. The summed E-state index contributed by atoms with van der Waals surface area (Å²) in [5.41, 5.74) is -1.35. The van der Waals surface area contributed by atoms with Crippen LogP contribution in [0.3, 0.4) is 0 Å². The third-order valence-electron chi connectivity index (χ3n) is 3.06. The van der Waals surface area contributed by atoms with Crippen molar-refractivity contribution in [2.75, 3.05) is 5.32 Å². The summed E-state index contributed by atoms with van der Waals surface area (Å²) in [7, 11) is 0. The Balaban J connectivity index is 2.37. The number of aromatic nitrogens is 2. The van der Waals surface area contributed by atoms with Gasteiger partial charge in [-0.15, -0.1) is 0 Å². The van der Waals surface area contributed by atoms with E-state index >= 15 is 0 Å². The molecule has 1 heterocycles.